The SMILES string of the molecule is CNc1cc(OCCCc2ccncc2)nc(C(C)C)n1. The van der Waals surface area contributed by atoms with Crippen molar-refractivity contribution in [2.45, 2.75) is 32.6 Å². The van der Waals surface area contributed by atoms with Gasteiger partial charge in [0.15, 0.2) is 0 Å². The van der Waals surface area contributed by atoms with Crippen LogP contribution in [0.2, 0.25) is 0 Å². The Labute approximate surface area is 125 Å². The highest BCUT2D eigenvalue weighted by atomic mass is 16.5. The molecule has 0 aromatic carbocycles. The summed E-state index contributed by atoms with van der Waals surface area (Å²) in [6.45, 7) is 4.78. The minimum absolute atomic E-state index is 0.275. The molecular formula is C16H22N4O. The summed E-state index contributed by atoms with van der Waals surface area (Å²) in [5.41, 5.74) is 1.27. The predicted octanol–water partition coefficient (Wildman–Crippen LogP) is 3.05. The second-order valence-electron chi connectivity index (χ2n) is 5.16. The van der Waals surface area contributed by atoms with E-state index in [1.807, 2.05) is 37.6 Å². The van der Waals surface area contributed by atoms with E-state index in [0.29, 0.717) is 12.5 Å². The molecule has 0 aliphatic heterocycles. The van der Waals surface area contributed by atoms with Gasteiger partial charge in [0.2, 0.25) is 5.88 Å². The molecule has 0 atom stereocenters. The van der Waals surface area contributed by atoms with Gasteiger partial charge in [-0.05, 0) is 30.5 Å². The molecule has 0 amide bonds. The van der Waals surface area contributed by atoms with Gasteiger partial charge in [-0.25, -0.2) is 4.98 Å². The van der Waals surface area contributed by atoms with Crippen LogP contribution in [0, 0.1) is 0 Å². The lowest BCUT2D eigenvalue weighted by Crippen LogP contribution is -2.06. The van der Waals surface area contributed by atoms with Gasteiger partial charge >= 0.3 is 0 Å². The third-order valence-corrected chi connectivity index (χ3v) is 3.10. The molecule has 0 saturated heterocycles. The van der Waals surface area contributed by atoms with Crippen LogP contribution in [0.25, 0.3) is 0 Å². The fraction of sp³-hybridized carbons (Fsp3) is 0.438. The van der Waals surface area contributed by atoms with Gasteiger partial charge in [-0.2, -0.15) is 4.98 Å². The number of ether oxygens (including phenoxy) is 1. The number of aryl methyl sites for hydroxylation is 1. The number of hydrogen-bond donors (Lipinski definition) is 1. The van der Waals surface area contributed by atoms with Crippen LogP contribution in [0.5, 0.6) is 5.88 Å². The molecule has 112 valence electrons. The van der Waals surface area contributed by atoms with E-state index >= 15 is 0 Å². The molecule has 5 nitrogen and oxygen atoms in total. The number of hydrogen-bond acceptors (Lipinski definition) is 5. The number of nitrogens with zero attached hydrogens (tertiary/aromatic N) is 3. The van der Waals surface area contributed by atoms with Crippen LogP contribution in [0.3, 0.4) is 0 Å². The molecule has 2 aromatic rings. The Morgan fingerprint density at radius 1 is 1.19 bits per heavy atom. The second-order valence-corrected chi connectivity index (χ2v) is 5.16. The van der Waals surface area contributed by atoms with Crippen LogP contribution in [0.4, 0.5) is 5.82 Å². The minimum atomic E-state index is 0.275. The first kappa shape index (κ1) is 15.2. The molecule has 0 fully saturated rings. The van der Waals surface area contributed by atoms with E-state index in [2.05, 4.69) is 34.1 Å². The highest BCUT2D eigenvalue weighted by Gasteiger charge is 2.08. The van der Waals surface area contributed by atoms with E-state index < -0.39 is 0 Å². The quantitative estimate of drug-likeness (QED) is 0.793. The van der Waals surface area contributed by atoms with E-state index in [-0.39, 0.29) is 5.92 Å². The Kier molecular flexibility index (Phi) is 5.49. The molecule has 2 aromatic heterocycles. The van der Waals surface area contributed by atoms with Crippen LogP contribution < -0.4 is 10.1 Å². The van der Waals surface area contributed by atoms with E-state index in [1.165, 1.54) is 5.56 Å². The average Bonchev–Trinajstić information content (AvgIpc) is 2.52. The summed E-state index contributed by atoms with van der Waals surface area (Å²) >= 11 is 0. The normalized spacial score (nSPS) is 10.7. The zero-order valence-electron chi connectivity index (χ0n) is 12.8. The third kappa shape index (κ3) is 4.70. The number of aromatic nitrogens is 3. The number of rotatable bonds is 7. The average molecular weight is 286 g/mol. The standard InChI is InChI=1S/C16H22N4O/c1-12(2)16-19-14(17-3)11-15(20-16)21-10-4-5-13-6-8-18-9-7-13/h6-9,11-12H,4-5,10H2,1-3H3,(H,17,19,20). The summed E-state index contributed by atoms with van der Waals surface area (Å²) in [7, 11) is 1.85. The van der Waals surface area contributed by atoms with E-state index in [1.54, 1.807) is 0 Å². The van der Waals surface area contributed by atoms with Crippen LogP contribution in [0.15, 0.2) is 30.6 Å². The molecule has 1 N–H and O–H groups in total. The first-order valence-corrected chi connectivity index (χ1v) is 7.27. The molecule has 5 heteroatoms. The van der Waals surface area contributed by atoms with Gasteiger partial charge < -0.3 is 10.1 Å². The van der Waals surface area contributed by atoms with Crippen molar-refractivity contribution in [2.75, 3.05) is 19.0 Å². The highest BCUT2D eigenvalue weighted by molar-refractivity contribution is 5.38. The fourth-order valence-corrected chi connectivity index (χ4v) is 1.91. The molecule has 0 spiro atoms. The molecule has 2 rings (SSSR count). The summed E-state index contributed by atoms with van der Waals surface area (Å²) in [4.78, 5) is 12.9. The molecule has 0 aliphatic rings. The van der Waals surface area contributed by atoms with Crippen LogP contribution in [-0.2, 0) is 6.42 Å². The van der Waals surface area contributed by atoms with Crippen molar-refractivity contribution in [1.82, 2.24) is 15.0 Å². The molecular weight excluding hydrogens is 264 g/mol. The van der Waals surface area contributed by atoms with Gasteiger partial charge in [-0.3, -0.25) is 4.98 Å². The molecule has 0 bridgehead atoms. The third-order valence-electron chi connectivity index (χ3n) is 3.10. The summed E-state index contributed by atoms with van der Waals surface area (Å²) in [6, 6.07) is 5.89. The van der Waals surface area contributed by atoms with E-state index in [9.17, 15) is 0 Å². The molecule has 0 radical (unpaired) electrons. The zero-order valence-corrected chi connectivity index (χ0v) is 12.8. The molecule has 0 aliphatic carbocycles. The largest absolute Gasteiger partial charge is 0.478 e. The van der Waals surface area contributed by atoms with Gasteiger partial charge in [-0.1, -0.05) is 13.8 Å². The van der Waals surface area contributed by atoms with Crippen LogP contribution in [-0.4, -0.2) is 28.6 Å². The van der Waals surface area contributed by atoms with Crippen molar-refractivity contribution >= 4 is 5.82 Å². The summed E-state index contributed by atoms with van der Waals surface area (Å²) in [5.74, 6) is 2.49. The zero-order chi connectivity index (χ0) is 15.1. The molecule has 21 heavy (non-hydrogen) atoms. The number of pyridine rings is 1. The van der Waals surface area contributed by atoms with Gasteiger partial charge in [0, 0.05) is 31.4 Å². The van der Waals surface area contributed by atoms with Crippen molar-refractivity contribution in [2.24, 2.45) is 0 Å². The lowest BCUT2D eigenvalue weighted by Gasteiger charge is -2.11. The van der Waals surface area contributed by atoms with Gasteiger partial charge in [-0.15, -0.1) is 0 Å². The topological polar surface area (TPSA) is 59.9 Å². The van der Waals surface area contributed by atoms with Crippen LogP contribution in [0.1, 0.15) is 37.6 Å². The Morgan fingerprint density at radius 3 is 2.62 bits per heavy atom. The lowest BCUT2D eigenvalue weighted by molar-refractivity contribution is 0.297. The fourth-order valence-electron chi connectivity index (χ4n) is 1.91. The monoisotopic (exact) mass is 286 g/mol. The van der Waals surface area contributed by atoms with Gasteiger partial charge in [0.1, 0.15) is 11.6 Å². The number of nitrogens with one attached hydrogen (secondary N) is 1. The lowest BCUT2D eigenvalue weighted by atomic mass is 10.1. The summed E-state index contributed by atoms with van der Waals surface area (Å²) in [6.07, 6.45) is 5.55. The van der Waals surface area contributed by atoms with Crippen molar-refractivity contribution in [3.05, 3.63) is 42.0 Å². The Hall–Kier alpha value is -2.17. The maximum Gasteiger partial charge on any atom is 0.218 e. The molecule has 0 saturated carbocycles. The predicted molar refractivity (Wildman–Crippen MR) is 83.7 cm³/mol. The van der Waals surface area contributed by atoms with Crippen molar-refractivity contribution in [3.8, 4) is 5.88 Å². The summed E-state index contributed by atoms with van der Waals surface area (Å²) < 4.78 is 5.75. The Morgan fingerprint density at radius 2 is 1.95 bits per heavy atom. The molecule has 2 heterocycles. The maximum absolute atomic E-state index is 5.75. The summed E-state index contributed by atoms with van der Waals surface area (Å²) in [5, 5.41) is 3.04. The second kappa shape index (κ2) is 7.57. The van der Waals surface area contributed by atoms with Crippen molar-refractivity contribution in [1.29, 1.82) is 0 Å². The van der Waals surface area contributed by atoms with Gasteiger partial charge in [0.05, 0.1) is 6.61 Å². The van der Waals surface area contributed by atoms with Crippen LogP contribution >= 0.6 is 0 Å². The Balaban J connectivity index is 1.89. The van der Waals surface area contributed by atoms with Gasteiger partial charge in [0.25, 0.3) is 0 Å². The minimum Gasteiger partial charge on any atom is -0.478 e. The Bertz CT molecular complexity index is 557. The highest BCUT2D eigenvalue weighted by Crippen LogP contribution is 2.18. The van der Waals surface area contributed by atoms with E-state index in [4.69, 9.17) is 4.74 Å². The molecule has 0 unspecified atom stereocenters. The first-order chi connectivity index (χ1) is 10.2. The van der Waals surface area contributed by atoms with Crippen molar-refractivity contribution in [3.63, 3.8) is 0 Å². The maximum atomic E-state index is 5.75. The number of anilines is 1. The first-order valence-electron chi connectivity index (χ1n) is 7.27. The van der Waals surface area contributed by atoms with E-state index in [0.717, 1.165) is 24.5 Å². The van der Waals surface area contributed by atoms with Crippen molar-refractivity contribution < 1.29 is 4.74 Å². The smallest absolute Gasteiger partial charge is 0.218 e.